The zero-order chi connectivity index (χ0) is 30.0. The smallest absolute Gasteiger partial charge is 0.187 e. The zero-order valence-electron chi connectivity index (χ0n) is 24.0. The van der Waals surface area contributed by atoms with E-state index in [2.05, 4.69) is 0 Å². The zero-order valence-corrected chi connectivity index (χ0v) is 24.0. The van der Waals surface area contributed by atoms with Gasteiger partial charge in [0.25, 0.3) is 0 Å². The Morgan fingerprint density at radius 3 is 1.76 bits per heavy atom. The van der Waals surface area contributed by atoms with Crippen molar-refractivity contribution < 1.29 is 73.3 Å². The Kier molecular flexibility index (Phi) is 11.7. The third kappa shape index (κ3) is 7.56. The van der Waals surface area contributed by atoms with Crippen LogP contribution < -0.4 is 0 Å². The second kappa shape index (κ2) is 14.5. The van der Waals surface area contributed by atoms with Crippen molar-refractivity contribution in [1.29, 1.82) is 0 Å². The topological polar surface area (TPSA) is 204 Å². The Hall–Kier alpha value is -0.600. The largest absolute Gasteiger partial charge is 0.394 e. The van der Waals surface area contributed by atoms with Gasteiger partial charge in [-0.2, -0.15) is 0 Å². The van der Waals surface area contributed by atoms with Crippen LogP contribution in [0, 0.1) is 0 Å². The molecule has 240 valence electrons. The minimum atomic E-state index is -1.58. The van der Waals surface area contributed by atoms with Crippen molar-refractivity contribution in [3.8, 4) is 0 Å². The van der Waals surface area contributed by atoms with Gasteiger partial charge in [-0.05, 0) is 20.8 Å². The van der Waals surface area contributed by atoms with Gasteiger partial charge in [-0.3, -0.25) is 0 Å². The Morgan fingerprint density at radius 1 is 0.610 bits per heavy atom. The predicted molar refractivity (Wildman–Crippen MR) is 135 cm³/mol. The quantitative estimate of drug-likeness (QED) is 0.166. The van der Waals surface area contributed by atoms with Crippen molar-refractivity contribution in [2.45, 2.75) is 145 Å². The first-order chi connectivity index (χ1) is 19.5. The van der Waals surface area contributed by atoms with Gasteiger partial charge in [0, 0.05) is 33.5 Å². The first-order valence-electron chi connectivity index (χ1n) is 14.1. The third-order valence-electron chi connectivity index (χ3n) is 8.26. The molecule has 0 bridgehead atoms. The van der Waals surface area contributed by atoms with Crippen LogP contribution in [0.5, 0.6) is 0 Å². The standard InChI is InChI=1S/C26H46O15/c1-10-23(13(28)6-18(36-10)40-24-11(2)35-17(29)7-14(24)33-4)39-19-8-15(34-5)25(12(3)37-19)41-26-22(32)21(31)20(30)16(9-27)38-26/h10-32H,6-9H2,1-5H3. The van der Waals surface area contributed by atoms with E-state index in [0.29, 0.717) is 0 Å². The summed E-state index contributed by atoms with van der Waals surface area (Å²) in [7, 11) is 3.02. The third-order valence-corrected chi connectivity index (χ3v) is 8.26. The molecule has 0 saturated carbocycles. The van der Waals surface area contributed by atoms with Gasteiger partial charge < -0.3 is 73.3 Å². The van der Waals surface area contributed by atoms with Gasteiger partial charge in [-0.15, -0.1) is 0 Å². The monoisotopic (exact) mass is 598 g/mol. The summed E-state index contributed by atoms with van der Waals surface area (Å²) < 4.78 is 52.3. The van der Waals surface area contributed by atoms with Gasteiger partial charge >= 0.3 is 0 Å². The number of hydrogen-bond acceptors (Lipinski definition) is 15. The van der Waals surface area contributed by atoms with Crippen molar-refractivity contribution in [3.05, 3.63) is 0 Å². The van der Waals surface area contributed by atoms with Gasteiger partial charge in [0.1, 0.15) is 42.7 Å². The molecule has 4 aliphatic heterocycles. The highest BCUT2D eigenvalue weighted by molar-refractivity contribution is 4.92. The van der Waals surface area contributed by atoms with E-state index in [1.54, 1.807) is 20.8 Å². The lowest BCUT2D eigenvalue weighted by Gasteiger charge is -2.46. The second-order valence-corrected chi connectivity index (χ2v) is 11.2. The summed E-state index contributed by atoms with van der Waals surface area (Å²) in [5.41, 5.74) is 0. The molecular formula is C26H46O15. The molecule has 4 saturated heterocycles. The van der Waals surface area contributed by atoms with E-state index < -0.39 is 111 Å². The fraction of sp³-hybridized carbons (Fsp3) is 1.00. The summed E-state index contributed by atoms with van der Waals surface area (Å²) >= 11 is 0. The van der Waals surface area contributed by atoms with E-state index in [1.165, 1.54) is 14.2 Å². The minimum absolute atomic E-state index is 0.121. The van der Waals surface area contributed by atoms with E-state index in [-0.39, 0.29) is 19.3 Å². The molecule has 0 aromatic rings. The predicted octanol–water partition coefficient (Wildman–Crippen LogP) is -2.27. The van der Waals surface area contributed by atoms with Crippen LogP contribution >= 0.6 is 0 Å². The van der Waals surface area contributed by atoms with Crippen molar-refractivity contribution in [2.24, 2.45) is 0 Å². The van der Waals surface area contributed by atoms with Crippen molar-refractivity contribution >= 4 is 0 Å². The molecule has 4 heterocycles. The SMILES string of the molecule is COC1CC(O)OC(C)C1OC1CC(O)C(OC2CC(OC)C(OC3OC(CO)C(O)C(O)C3O)C(C)O2)C(C)O1. The summed E-state index contributed by atoms with van der Waals surface area (Å²) in [6, 6.07) is 0. The van der Waals surface area contributed by atoms with E-state index >= 15 is 0 Å². The average molecular weight is 599 g/mol. The molecule has 4 rings (SSSR count). The molecule has 0 radical (unpaired) electrons. The van der Waals surface area contributed by atoms with Gasteiger partial charge in [0.15, 0.2) is 25.2 Å². The van der Waals surface area contributed by atoms with Gasteiger partial charge in [-0.25, -0.2) is 0 Å². The van der Waals surface area contributed by atoms with Crippen LogP contribution in [-0.2, 0) is 42.6 Å². The highest BCUT2D eigenvalue weighted by atomic mass is 16.8. The van der Waals surface area contributed by atoms with Gasteiger partial charge in [0.2, 0.25) is 0 Å². The van der Waals surface area contributed by atoms with Crippen molar-refractivity contribution in [1.82, 2.24) is 0 Å². The summed E-state index contributed by atoms with van der Waals surface area (Å²) in [6.07, 6.45) is -14.6. The minimum Gasteiger partial charge on any atom is -0.394 e. The number of hydrogen-bond donors (Lipinski definition) is 6. The Morgan fingerprint density at radius 2 is 1.15 bits per heavy atom. The Balaban J connectivity index is 1.32. The molecule has 15 nitrogen and oxygen atoms in total. The number of methoxy groups -OCH3 is 2. The van der Waals surface area contributed by atoms with Gasteiger partial charge in [0.05, 0.1) is 43.2 Å². The lowest BCUT2D eigenvalue weighted by atomic mass is 9.98. The first kappa shape index (κ1) is 33.3. The average Bonchev–Trinajstić information content (AvgIpc) is 2.93. The molecule has 6 N–H and O–H groups in total. The molecule has 4 aliphatic rings. The number of ether oxygens (including phenoxy) is 9. The van der Waals surface area contributed by atoms with Crippen LogP contribution in [0.2, 0.25) is 0 Å². The maximum atomic E-state index is 11.0. The normalized spacial score (nSPS) is 51.4. The first-order valence-corrected chi connectivity index (χ1v) is 14.1. The molecule has 0 spiro atoms. The molecule has 17 atom stereocenters. The second-order valence-electron chi connectivity index (χ2n) is 11.2. The maximum absolute atomic E-state index is 11.0. The number of aliphatic hydroxyl groups is 6. The van der Waals surface area contributed by atoms with E-state index in [4.69, 9.17) is 42.6 Å². The molecule has 0 amide bonds. The van der Waals surface area contributed by atoms with Crippen LogP contribution in [0.25, 0.3) is 0 Å². The Labute approximate surface area is 239 Å². The fourth-order valence-corrected chi connectivity index (χ4v) is 5.95. The molecule has 41 heavy (non-hydrogen) atoms. The summed E-state index contributed by atoms with van der Waals surface area (Å²) in [4.78, 5) is 0. The van der Waals surface area contributed by atoms with Gasteiger partial charge in [-0.1, -0.05) is 0 Å². The highest BCUT2D eigenvalue weighted by Gasteiger charge is 2.49. The van der Waals surface area contributed by atoms with Crippen LogP contribution in [0.1, 0.15) is 40.0 Å². The van der Waals surface area contributed by atoms with E-state index in [1.807, 2.05) is 0 Å². The summed E-state index contributed by atoms with van der Waals surface area (Å²) in [5, 5.41) is 60.8. The van der Waals surface area contributed by atoms with Crippen molar-refractivity contribution in [3.63, 3.8) is 0 Å². The van der Waals surface area contributed by atoms with Crippen LogP contribution in [0.15, 0.2) is 0 Å². The lowest BCUT2D eigenvalue weighted by Crippen LogP contribution is -2.62. The number of aliphatic hydroxyl groups excluding tert-OH is 6. The molecule has 0 aromatic heterocycles. The molecule has 0 aromatic carbocycles. The lowest BCUT2D eigenvalue weighted by molar-refractivity contribution is -0.355. The van der Waals surface area contributed by atoms with Crippen LogP contribution in [0.4, 0.5) is 0 Å². The maximum Gasteiger partial charge on any atom is 0.187 e. The number of rotatable bonds is 9. The van der Waals surface area contributed by atoms with Crippen LogP contribution in [-0.4, -0.2) is 156 Å². The molecule has 17 unspecified atom stereocenters. The van der Waals surface area contributed by atoms with E-state index in [0.717, 1.165) is 0 Å². The molecule has 0 aliphatic carbocycles. The fourth-order valence-electron chi connectivity index (χ4n) is 5.95. The molecule has 15 heteroatoms. The highest BCUT2D eigenvalue weighted by Crippen LogP contribution is 2.34. The molecule has 4 fully saturated rings. The Bertz CT molecular complexity index is 793. The summed E-state index contributed by atoms with van der Waals surface area (Å²) in [6.45, 7) is 4.67. The summed E-state index contributed by atoms with van der Waals surface area (Å²) in [5.74, 6) is 0. The van der Waals surface area contributed by atoms with Crippen molar-refractivity contribution in [2.75, 3.05) is 20.8 Å². The van der Waals surface area contributed by atoms with E-state index in [9.17, 15) is 30.6 Å². The molecular weight excluding hydrogens is 552 g/mol. The van der Waals surface area contributed by atoms with Crippen LogP contribution in [0.3, 0.4) is 0 Å².